The fourth-order valence-electron chi connectivity index (χ4n) is 1.80. The van der Waals surface area contributed by atoms with Crippen molar-refractivity contribution < 1.29 is 10.2 Å². The van der Waals surface area contributed by atoms with Crippen molar-refractivity contribution in [3.8, 4) is 0 Å². The maximum atomic E-state index is 7.92. The molecule has 0 saturated carbocycles. The number of nitrogens with one attached hydrogen (secondary N) is 1. The number of H-pyrrole nitrogens is 1. The molecule has 2 aromatic carbocycles. The average Bonchev–Trinajstić information content (AvgIpc) is 2.78. The van der Waals surface area contributed by atoms with Gasteiger partial charge in [0.05, 0.1) is 0 Å². The first-order chi connectivity index (χ1) is 8.72. The molecule has 0 fully saturated rings. The first-order valence-electron chi connectivity index (χ1n) is 6.04. The van der Waals surface area contributed by atoms with E-state index in [1.165, 1.54) is 21.8 Å². The predicted octanol–water partition coefficient (Wildman–Crippen LogP) is 3.03. The summed E-state index contributed by atoms with van der Waals surface area (Å²) in [4.78, 5) is 3.38. The van der Waals surface area contributed by atoms with E-state index in [0.717, 1.165) is 0 Å². The Balaban J connectivity index is 0.000000209. The smallest absolute Gasteiger partial charge is 0.151 e. The van der Waals surface area contributed by atoms with Crippen LogP contribution in [0.15, 0.2) is 48.5 Å². The Hall–Kier alpha value is -1.84. The Bertz CT molecular complexity index is 578. The molecule has 0 aliphatic heterocycles. The third-order valence-electron chi connectivity index (χ3n) is 2.78. The van der Waals surface area contributed by atoms with Crippen LogP contribution in [-0.2, 0) is 0 Å². The molecule has 3 N–H and O–H groups in total. The van der Waals surface area contributed by atoms with E-state index in [1.807, 2.05) is 0 Å². The van der Waals surface area contributed by atoms with Gasteiger partial charge in [-0.25, -0.2) is 0 Å². The molecule has 94 valence electrons. The van der Waals surface area contributed by atoms with Crippen molar-refractivity contribution in [3.63, 3.8) is 0 Å². The molecule has 0 amide bonds. The van der Waals surface area contributed by atoms with Crippen LogP contribution < -0.4 is 0 Å². The third-order valence-corrected chi connectivity index (χ3v) is 2.78. The standard InChI is InChI=1S/C12H9N.C3H8O2/c1-3-7-11-9(5-1)10-6-2-4-8-12(10)13-11;1-2-3(4)5/h1-8,13H;3-5H,2H2,1H3. The SMILES string of the molecule is CCC(O)O.c1ccc2c(c1)[nH]c1ccccc12. The van der Waals surface area contributed by atoms with Crippen molar-refractivity contribution in [2.24, 2.45) is 0 Å². The lowest BCUT2D eigenvalue weighted by Gasteiger charge is -1.90. The molecular formula is C15H17NO2. The van der Waals surface area contributed by atoms with Crippen molar-refractivity contribution in [2.75, 3.05) is 0 Å². The highest BCUT2D eigenvalue weighted by Crippen LogP contribution is 2.24. The molecular weight excluding hydrogens is 226 g/mol. The van der Waals surface area contributed by atoms with E-state index in [9.17, 15) is 0 Å². The summed E-state index contributed by atoms with van der Waals surface area (Å²) >= 11 is 0. The highest BCUT2D eigenvalue weighted by Gasteiger charge is 2.00. The number of aromatic amines is 1. The average molecular weight is 243 g/mol. The molecule has 18 heavy (non-hydrogen) atoms. The quantitative estimate of drug-likeness (QED) is 0.575. The molecule has 0 radical (unpaired) electrons. The van der Waals surface area contributed by atoms with Crippen LogP contribution in [0.25, 0.3) is 21.8 Å². The summed E-state index contributed by atoms with van der Waals surface area (Å²) in [6.07, 6.45) is -0.699. The molecule has 3 nitrogen and oxygen atoms in total. The van der Waals surface area contributed by atoms with Crippen molar-refractivity contribution in [1.82, 2.24) is 4.98 Å². The van der Waals surface area contributed by atoms with E-state index in [-0.39, 0.29) is 0 Å². The van der Waals surface area contributed by atoms with Gasteiger partial charge in [0.25, 0.3) is 0 Å². The van der Waals surface area contributed by atoms with Crippen LogP contribution in [0, 0.1) is 0 Å². The zero-order valence-electron chi connectivity index (χ0n) is 10.3. The van der Waals surface area contributed by atoms with Crippen molar-refractivity contribution in [2.45, 2.75) is 19.6 Å². The third kappa shape index (κ3) is 2.70. The summed E-state index contributed by atoms with van der Waals surface area (Å²) < 4.78 is 0. The van der Waals surface area contributed by atoms with E-state index < -0.39 is 6.29 Å². The Morgan fingerprint density at radius 2 is 1.28 bits per heavy atom. The summed E-state index contributed by atoms with van der Waals surface area (Å²) in [5.41, 5.74) is 2.42. The van der Waals surface area contributed by atoms with Gasteiger partial charge in [-0.2, -0.15) is 0 Å². The molecule has 0 unspecified atom stereocenters. The van der Waals surface area contributed by atoms with Crippen LogP contribution >= 0.6 is 0 Å². The Morgan fingerprint density at radius 1 is 0.889 bits per heavy atom. The number of hydrogen-bond acceptors (Lipinski definition) is 2. The van der Waals surface area contributed by atoms with Crippen molar-refractivity contribution in [1.29, 1.82) is 0 Å². The lowest BCUT2D eigenvalue weighted by Crippen LogP contribution is -1.99. The van der Waals surface area contributed by atoms with Gasteiger partial charge in [0, 0.05) is 21.8 Å². The van der Waals surface area contributed by atoms with E-state index in [1.54, 1.807) is 6.92 Å². The minimum Gasteiger partial charge on any atom is -0.368 e. The zero-order valence-corrected chi connectivity index (χ0v) is 10.3. The molecule has 0 aliphatic rings. The lowest BCUT2D eigenvalue weighted by atomic mass is 10.2. The largest absolute Gasteiger partial charge is 0.368 e. The molecule has 1 heterocycles. The normalized spacial score (nSPS) is 10.7. The zero-order chi connectivity index (χ0) is 13.0. The van der Waals surface area contributed by atoms with Crippen LogP contribution in [0.2, 0.25) is 0 Å². The summed E-state index contributed by atoms with van der Waals surface area (Å²) in [7, 11) is 0. The maximum absolute atomic E-state index is 7.92. The van der Waals surface area contributed by atoms with Crippen molar-refractivity contribution >= 4 is 21.8 Å². The molecule has 0 atom stereocenters. The number of benzene rings is 2. The monoisotopic (exact) mass is 243 g/mol. The van der Waals surface area contributed by atoms with Gasteiger partial charge in [0.1, 0.15) is 0 Å². The van der Waals surface area contributed by atoms with Gasteiger partial charge < -0.3 is 15.2 Å². The second-order valence-electron chi connectivity index (χ2n) is 4.11. The Kier molecular flexibility index (Phi) is 3.97. The first-order valence-corrected chi connectivity index (χ1v) is 6.04. The fraction of sp³-hybridized carbons (Fsp3) is 0.200. The number of hydrogen-bond donors (Lipinski definition) is 3. The number of rotatable bonds is 1. The molecule has 3 aromatic rings. The highest BCUT2D eigenvalue weighted by molar-refractivity contribution is 6.06. The predicted molar refractivity (Wildman–Crippen MR) is 74.3 cm³/mol. The van der Waals surface area contributed by atoms with Crippen LogP contribution in [0.5, 0.6) is 0 Å². The number of aliphatic hydroxyl groups excluding tert-OH is 1. The van der Waals surface area contributed by atoms with Gasteiger partial charge in [-0.15, -0.1) is 0 Å². The second kappa shape index (κ2) is 5.67. The highest BCUT2D eigenvalue weighted by atomic mass is 16.5. The molecule has 3 rings (SSSR count). The summed E-state index contributed by atoms with van der Waals surface area (Å²) in [6.45, 7) is 1.70. The van der Waals surface area contributed by atoms with Gasteiger partial charge in [0.2, 0.25) is 0 Å². The van der Waals surface area contributed by atoms with Crippen LogP contribution in [0.4, 0.5) is 0 Å². The maximum Gasteiger partial charge on any atom is 0.151 e. The summed E-state index contributed by atoms with van der Waals surface area (Å²) in [5.74, 6) is 0. The van der Waals surface area contributed by atoms with Crippen molar-refractivity contribution in [3.05, 3.63) is 48.5 Å². The van der Waals surface area contributed by atoms with Crippen LogP contribution in [0.1, 0.15) is 13.3 Å². The first kappa shape index (κ1) is 12.6. The summed E-state index contributed by atoms with van der Waals surface area (Å²) in [5, 5.41) is 18.4. The fourth-order valence-corrected chi connectivity index (χ4v) is 1.80. The van der Waals surface area contributed by atoms with Gasteiger partial charge in [-0.05, 0) is 18.6 Å². The van der Waals surface area contributed by atoms with Gasteiger partial charge in [-0.3, -0.25) is 0 Å². The second-order valence-corrected chi connectivity index (χ2v) is 4.11. The number of aromatic nitrogens is 1. The van der Waals surface area contributed by atoms with E-state index in [2.05, 4.69) is 53.5 Å². The van der Waals surface area contributed by atoms with Gasteiger partial charge in [-0.1, -0.05) is 43.3 Å². The number of fused-ring (bicyclic) bond motifs is 3. The summed E-state index contributed by atoms with van der Waals surface area (Å²) in [6, 6.07) is 16.8. The molecule has 3 heteroatoms. The molecule has 0 saturated heterocycles. The topological polar surface area (TPSA) is 56.2 Å². The van der Waals surface area contributed by atoms with Crippen LogP contribution in [0.3, 0.4) is 0 Å². The van der Waals surface area contributed by atoms with E-state index in [0.29, 0.717) is 6.42 Å². The van der Waals surface area contributed by atoms with Gasteiger partial charge in [0.15, 0.2) is 6.29 Å². The minimum absolute atomic E-state index is 0.417. The number of aliphatic hydroxyl groups is 2. The molecule has 1 aromatic heterocycles. The number of para-hydroxylation sites is 2. The Morgan fingerprint density at radius 3 is 1.67 bits per heavy atom. The van der Waals surface area contributed by atoms with Crippen LogP contribution in [-0.4, -0.2) is 21.5 Å². The molecule has 0 aliphatic carbocycles. The van der Waals surface area contributed by atoms with E-state index in [4.69, 9.17) is 10.2 Å². The Labute approximate surface area is 106 Å². The molecule has 0 spiro atoms. The lowest BCUT2D eigenvalue weighted by molar-refractivity contribution is -0.0413. The van der Waals surface area contributed by atoms with E-state index >= 15 is 0 Å². The minimum atomic E-state index is -1.12. The van der Waals surface area contributed by atoms with Gasteiger partial charge >= 0.3 is 0 Å². The molecule has 0 bridgehead atoms.